The van der Waals surface area contributed by atoms with E-state index in [1.807, 2.05) is 0 Å². The first kappa shape index (κ1) is 10.4. The number of hydrogen-bond donors (Lipinski definition) is 1. The molecule has 0 aliphatic rings. The summed E-state index contributed by atoms with van der Waals surface area (Å²) in [6, 6.07) is 5.87. The van der Waals surface area contributed by atoms with Crippen molar-refractivity contribution < 1.29 is 4.92 Å². The Kier molecular flexibility index (Phi) is 2.49. The molecule has 2 aromatic rings. The molecule has 0 unspecified atom stereocenters. The molecule has 0 spiro atoms. The quantitative estimate of drug-likeness (QED) is 0.640. The van der Waals surface area contributed by atoms with Crippen LogP contribution >= 0.6 is 11.6 Å². The van der Waals surface area contributed by atoms with E-state index < -0.39 is 4.92 Å². The predicted octanol–water partition coefficient (Wildman–Crippen LogP) is 2.02. The Balaban J connectivity index is 2.65. The highest BCUT2D eigenvalue weighted by molar-refractivity contribution is 6.30. The normalized spacial score (nSPS) is 10.3. The molecule has 0 fully saturated rings. The molecule has 0 saturated carbocycles. The third kappa shape index (κ3) is 1.70. The predicted molar refractivity (Wildman–Crippen MR) is 59.6 cm³/mol. The van der Waals surface area contributed by atoms with Gasteiger partial charge in [0.05, 0.1) is 11.1 Å². The van der Waals surface area contributed by atoms with Crippen LogP contribution in [0.3, 0.4) is 0 Å². The lowest BCUT2D eigenvalue weighted by atomic mass is 10.2. The van der Waals surface area contributed by atoms with Crippen molar-refractivity contribution in [1.29, 1.82) is 0 Å². The standard InChI is InChI=1S/C9H7ClN4O2/c10-6-1-2-7(8(5-6)14(15)16)13-9(11)3-4-12-13/h1-5H,11H2. The molecule has 7 heteroatoms. The molecule has 1 heterocycles. The number of nitrogen functional groups attached to an aromatic ring is 1. The highest BCUT2D eigenvalue weighted by atomic mass is 35.5. The van der Waals surface area contributed by atoms with Gasteiger partial charge in [0.1, 0.15) is 11.5 Å². The average molecular weight is 239 g/mol. The Labute approximate surface area is 95.4 Å². The van der Waals surface area contributed by atoms with E-state index in [1.165, 1.54) is 23.0 Å². The molecule has 0 atom stereocenters. The number of hydrogen-bond acceptors (Lipinski definition) is 4. The summed E-state index contributed by atoms with van der Waals surface area (Å²) in [4.78, 5) is 10.3. The number of aromatic nitrogens is 2. The van der Waals surface area contributed by atoms with E-state index >= 15 is 0 Å². The van der Waals surface area contributed by atoms with Crippen LogP contribution in [-0.2, 0) is 0 Å². The van der Waals surface area contributed by atoms with Gasteiger partial charge in [-0.15, -0.1) is 0 Å². The van der Waals surface area contributed by atoms with Crippen molar-refractivity contribution in [3.8, 4) is 5.69 Å². The molecule has 1 aromatic heterocycles. The van der Waals surface area contributed by atoms with E-state index in [1.54, 1.807) is 12.1 Å². The molecule has 0 aliphatic carbocycles. The lowest BCUT2D eigenvalue weighted by molar-refractivity contribution is -0.384. The van der Waals surface area contributed by atoms with Gasteiger partial charge in [-0.2, -0.15) is 5.10 Å². The minimum absolute atomic E-state index is 0.136. The van der Waals surface area contributed by atoms with Crippen molar-refractivity contribution >= 4 is 23.1 Å². The number of halogens is 1. The number of nitro benzene ring substituents is 1. The second-order valence-electron chi connectivity index (χ2n) is 3.06. The number of nitrogens with zero attached hydrogens (tertiary/aromatic N) is 3. The van der Waals surface area contributed by atoms with Crippen LogP contribution in [0.15, 0.2) is 30.5 Å². The molecule has 0 radical (unpaired) electrons. The molecule has 6 nitrogen and oxygen atoms in total. The Bertz CT molecular complexity index is 552. The van der Waals surface area contributed by atoms with Gasteiger partial charge >= 0.3 is 0 Å². The number of anilines is 1. The lowest BCUT2D eigenvalue weighted by Gasteiger charge is -2.04. The first-order valence-electron chi connectivity index (χ1n) is 4.33. The number of nitro groups is 1. The van der Waals surface area contributed by atoms with Crippen molar-refractivity contribution in [2.45, 2.75) is 0 Å². The van der Waals surface area contributed by atoms with Gasteiger partial charge in [0.25, 0.3) is 5.69 Å². The van der Waals surface area contributed by atoms with Crippen molar-refractivity contribution in [2.75, 3.05) is 5.73 Å². The van der Waals surface area contributed by atoms with Crippen LogP contribution in [-0.4, -0.2) is 14.7 Å². The van der Waals surface area contributed by atoms with Gasteiger partial charge in [0, 0.05) is 17.2 Å². The number of rotatable bonds is 2. The van der Waals surface area contributed by atoms with Gasteiger partial charge in [-0.1, -0.05) is 11.6 Å². The highest BCUT2D eigenvalue weighted by Crippen LogP contribution is 2.27. The maximum atomic E-state index is 10.8. The maximum Gasteiger partial charge on any atom is 0.296 e. The van der Waals surface area contributed by atoms with Crippen LogP contribution in [0.2, 0.25) is 5.02 Å². The topological polar surface area (TPSA) is 87.0 Å². The van der Waals surface area contributed by atoms with Crippen molar-refractivity contribution in [2.24, 2.45) is 0 Å². The SMILES string of the molecule is Nc1ccnn1-c1ccc(Cl)cc1[N+](=O)[O-]. The molecule has 2 N–H and O–H groups in total. The molecule has 0 aliphatic heterocycles. The fourth-order valence-electron chi connectivity index (χ4n) is 1.34. The van der Waals surface area contributed by atoms with Gasteiger partial charge in [-0.25, -0.2) is 4.68 Å². The molecule has 0 amide bonds. The minimum Gasteiger partial charge on any atom is -0.384 e. The summed E-state index contributed by atoms with van der Waals surface area (Å²) in [6.07, 6.45) is 1.47. The van der Waals surface area contributed by atoms with Crippen LogP contribution in [0, 0.1) is 10.1 Å². The fourth-order valence-corrected chi connectivity index (χ4v) is 1.50. The van der Waals surface area contributed by atoms with Crippen molar-refractivity contribution in [3.05, 3.63) is 45.6 Å². The van der Waals surface area contributed by atoms with E-state index in [9.17, 15) is 10.1 Å². The highest BCUT2D eigenvalue weighted by Gasteiger charge is 2.17. The molecule has 1 aromatic carbocycles. The molecule has 0 saturated heterocycles. The minimum atomic E-state index is -0.525. The molecular formula is C9H7ClN4O2. The van der Waals surface area contributed by atoms with Gasteiger partial charge < -0.3 is 5.73 Å². The molecule has 82 valence electrons. The summed E-state index contributed by atoms with van der Waals surface area (Å²) < 4.78 is 1.29. The fraction of sp³-hybridized carbons (Fsp3) is 0. The zero-order valence-corrected chi connectivity index (χ0v) is 8.76. The van der Waals surface area contributed by atoms with Crippen LogP contribution < -0.4 is 5.73 Å². The lowest BCUT2D eigenvalue weighted by Crippen LogP contribution is -2.04. The van der Waals surface area contributed by atoms with Crippen LogP contribution in [0.5, 0.6) is 0 Å². The van der Waals surface area contributed by atoms with E-state index in [0.717, 1.165) is 0 Å². The Morgan fingerprint density at radius 3 is 2.75 bits per heavy atom. The Morgan fingerprint density at radius 1 is 1.44 bits per heavy atom. The maximum absolute atomic E-state index is 10.8. The van der Waals surface area contributed by atoms with E-state index in [-0.39, 0.29) is 11.4 Å². The Morgan fingerprint density at radius 2 is 2.19 bits per heavy atom. The van der Waals surface area contributed by atoms with Crippen molar-refractivity contribution in [1.82, 2.24) is 9.78 Å². The molecule has 16 heavy (non-hydrogen) atoms. The Hall–Kier alpha value is -2.08. The summed E-state index contributed by atoms with van der Waals surface area (Å²) in [5.41, 5.74) is 5.78. The van der Waals surface area contributed by atoms with Gasteiger partial charge in [-0.3, -0.25) is 10.1 Å². The summed E-state index contributed by atoms with van der Waals surface area (Å²) in [7, 11) is 0. The van der Waals surface area contributed by atoms with Crippen LogP contribution in [0.25, 0.3) is 5.69 Å². The third-order valence-corrected chi connectivity index (χ3v) is 2.27. The monoisotopic (exact) mass is 238 g/mol. The number of benzene rings is 1. The second-order valence-corrected chi connectivity index (χ2v) is 3.49. The molecule has 2 rings (SSSR count). The third-order valence-electron chi connectivity index (χ3n) is 2.03. The summed E-state index contributed by atoms with van der Waals surface area (Å²) in [5.74, 6) is 0.324. The smallest absolute Gasteiger partial charge is 0.296 e. The first-order chi connectivity index (χ1) is 7.59. The van der Waals surface area contributed by atoms with Crippen LogP contribution in [0.1, 0.15) is 0 Å². The van der Waals surface area contributed by atoms with Gasteiger partial charge in [0.15, 0.2) is 0 Å². The van der Waals surface area contributed by atoms with Gasteiger partial charge in [0.2, 0.25) is 0 Å². The summed E-state index contributed by atoms with van der Waals surface area (Å²) in [6.45, 7) is 0. The summed E-state index contributed by atoms with van der Waals surface area (Å²) in [5, 5.41) is 15.0. The number of nitrogens with two attached hydrogens (primary N) is 1. The average Bonchev–Trinajstić information content (AvgIpc) is 2.64. The first-order valence-corrected chi connectivity index (χ1v) is 4.71. The van der Waals surface area contributed by atoms with E-state index in [2.05, 4.69) is 5.10 Å². The van der Waals surface area contributed by atoms with Crippen LogP contribution in [0.4, 0.5) is 11.5 Å². The molecular weight excluding hydrogens is 232 g/mol. The second kappa shape index (κ2) is 3.82. The van der Waals surface area contributed by atoms with E-state index in [0.29, 0.717) is 10.8 Å². The van der Waals surface area contributed by atoms with Crippen molar-refractivity contribution in [3.63, 3.8) is 0 Å². The van der Waals surface area contributed by atoms with E-state index in [4.69, 9.17) is 17.3 Å². The largest absolute Gasteiger partial charge is 0.384 e. The zero-order chi connectivity index (χ0) is 11.7. The van der Waals surface area contributed by atoms with Gasteiger partial charge in [-0.05, 0) is 12.1 Å². The zero-order valence-electron chi connectivity index (χ0n) is 8.00. The summed E-state index contributed by atoms with van der Waals surface area (Å²) >= 11 is 5.70. The molecule has 0 bridgehead atoms.